The molecule has 0 saturated heterocycles. The van der Waals surface area contributed by atoms with Crippen LogP contribution in [-0.4, -0.2) is 24.4 Å². The van der Waals surface area contributed by atoms with Crippen LogP contribution in [0.4, 0.5) is 0 Å². The van der Waals surface area contributed by atoms with Gasteiger partial charge in [-0.2, -0.15) is 0 Å². The molecule has 0 heterocycles. The minimum Gasteiger partial charge on any atom is -0.302 e. The molecule has 0 amide bonds. The highest BCUT2D eigenvalue weighted by Crippen LogP contribution is 2.06. The van der Waals surface area contributed by atoms with E-state index in [1.807, 2.05) is 0 Å². The van der Waals surface area contributed by atoms with Crippen molar-refractivity contribution in [2.45, 2.75) is 19.9 Å². The van der Waals surface area contributed by atoms with Crippen molar-refractivity contribution in [1.29, 1.82) is 0 Å². The van der Waals surface area contributed by atoms with Crippen LogP contribution in [-0.2, 0) is 6.54 Å². The first-order valence-corrected chi connectivity index (χ1v) is 5.56. The SMILES string of the molecule is Cc1cccc(CN(C)CCCCl)c1. The van der Waals surface area contributed by atoms with E-state index in [1.165, 1.54) is 11.1 Å². The smallest absolute Gasteiger partial charge is 0.0235 e. The second-order valence-corrected chi connectivity index (χ2v) is 4.15. The van der Waals surface area contributed by atoms with Crippen molar-refractivity contribution in [1.82, 2.24) is 4.90 Å². The minimum atomic E-state index is 0.748. The Kier molecular flexibility index (Phi) is 4.99. The number of nitrogens with zero attached hydrogens (tertiary/aromatic N) is 1. The summed E-state index contributed by atoms with van der Waals surface area (Å²) in [6.45, 7) is 4.21. The zero-order valence-electron chi connectivity index (χ0n) is 8.96. The molecule has 1 aromatic rings. The van der Waals surface area contributed by atoms with Gasteiger partial charge in [-0.3, -0.25) is 0 Å². The van der Waals surface area contributed by atoms with E-state index >= 15 is 0 Å². The predicted molar refractivity (Wildman–Crippen MR) is 62.9 cm³/mol. The summed E-state index contributed by atoms with van der Waals surface area (Å²) >= 11 is 5.65. The Bertz CT molecular complexity index is 273. The van der Waals surface area contributed by atoms with Gasteiger partial charge in [0, 0.05) is 12.4 Å². The van der Waals surface area contributed by atoms with E-state index in [0.29, 0.717) is 0 Å². The molecule has 0 aliphatic carbocycles. The third kappa shape index (κ3) is 4.12. The monoisotopic (exact) mass is 211 g/mol. The van der Waals surface area contributed by atoms with E-state index < -0.39 is 0 Å². The van der Waals surface area contributed by atoms with Gasteiger partial charge in [-0.05, 0) is 32.5 Å². The third-order valence-electron chi connectivity index (χ3n) is 2.21. The lowest BCUT2D eigenvalue weighted by atomic mass is 10.1. The van der Waals surface area contributed by atoms with Gasteiger partial charge in [-0.15, -0.1) is 11.6 Å². The molecule has 1 aromatic carbocycles. The number of hydrogen-bond donors (Lipinski definition) is 0. The molecule has 14 heavy (non-hydrogen) atoms. The molecule has 0 bridgehead atoms. The molecule has 0 radical (unpaired) electrons. The van der Waals surface area contributed by atoms with Gasteiger partial charge >= 0.3 is 0 Å². The van der Waals surface area contributed by atoms with Gasteiger partial charge in [0.25, 0.3) is 0 Å². The van der Waals surface area contributed by atoms with Gasteiger partial charge in [0.15, 0.2) is 0 Å². The van der Waals surface area contributed by atoms with E-state index in [2.05, 4.69) is 43.1 Å². The Morgan fingerprint density at radius 2 is 2.14 bits per heavy atom. The summed E-state index contributed by atoms with van der Waals surface area (Å²) in [7, 11) is 2.13. The average Bonchev–Trinajstić information content (AvgIpc) is 2.15. The Hall–Kier alpha value is -0.530. The van der Waals surface area contributed by atoms with Crippen LogP contribution in [0.5, 0.6) is 0 Å². The van der Waals surface area contributed by atoms with Crippen molar-refractivity contribution in [3.05, 3.63) is 35.4 Å². The fourth-order valence-electron chi connectivity index (χ4n) is 1.53. The summed E-state index contributed by atoms with van der Waals surface area (Å²) in [4.78, 5) is 2.30. The molecule has 0 unspecified atom stereocenters. The van der Waals surface area contributed by atoms with E-state index in [0.717, 1.165) is 25.4 Å². The van der Waals surface area contributed by atoms with Crippen molar-refractivity contribution in [2.75, 3.05) is 19.5 Å². The Morgan fingerprint density at radius 3 is 2.79 bits per heavy atom. The van der Waals surface area contributed by atoms with E-state index in [4.69, 9.17) is 11.6 Å². The lowest BCUT2D eigenvalue weighted by molar-refractivity contribution is 0.328. The van der Waals surface area contributed by atoms with E-state index in [-0.39, 0.29) is 0 Å². The van der Waals surface area contributed by atoms with E-state index in [9.17, 15) is 0 Å². The van der Waals surface area contributed by atoms with Crippen LogP contribution in [0.3, 0.4) is 0 Å². The van der Waals surface area contributed by atoms with Crippen molar-refractivity contribution < 1.29 is 0 Å². The Morgan fingerprint density at radius 1 is 1.36 bits per heavy atom. The van der Waals surface area contributed by atoms with Crippen LogP contribution in [0.1, 0.15) is 17.5 Å². The van der Waals surface area contributed by atoms with Crippen molar-refractivity contribution in [2.24, 2.45) is 0 Å². The van der Waals surface area contributed by atoms with Gasteiger partial charge in [-0.25, -0.2) is 0 Å². The maximum Gasteiger partial charge on any atom is 0.0235 e. The van der Waals surface area contributed by atoms with Gasteiger partial charge in [-0.1, -0.05) is 29.8 Å². The normalized spacial score (nSPS) is 10.9. The van der Waals surface area contributed by atoms with Crippen LogP contribution in [0.2, 0.25) is 0 Å². The molecule has 0 atom stereocenters. The number of rotatable bonds is 5. The maximum absolute atomic E-state index is 5.65. The minimum absolute atomic E-state index is 0.748. The highest BCUT2D eigenvalue weighted by Gasteiger charge is 1.99. The van der Waals surface area contributed by atoms with E-state index in [1.54, 1.807) is 0 Å². The summed E-state index contributed by atoms with van der Waals surface area (Å²) in [6, 6.07) is 8.64. The van der Waals surface area contributed by atoms with Crippen LogP contribution in [0, 0.1) is 6.92 Å². The highest BCUT2D eigenvalue weighted by atomic mass is 35.5. The third-order valence-corrected chi connectivity index (χ3v) is 2.48. The van der Waals surface area contributed by atoms with Gasteiger partial charge < -0.3 is 4.90 Å². The molecule has 1 nitrogen and oxygen atoms in total. The van der Waals surface area contributed by atoms with Gasteiger partial charge in [0.1, 0.15) is 0 Å². The fraction of sp³-hybridized carbons (Fsp3) is 0.500. The molecule has 0 aliphatic rings. The van der Waals surface area contributed by atoms with Crippen LogP contribution in [0.15, 0.2) is 24.3 Å². The van der Waals surface area contributed by atoms with Gasteiger partial charge in [0.2, 0.25) is 0 Å². The molecule has 0 spiro atoms. The predicted octanol–water partition coefficient (Wildman–Crippen LogP) is 3.06. The zero-order valence-corrected chi connectivity index (χ0v) is 9.72. The standard InChI is InChI=1S/C12H18ClN/c1-11-5-3-6-12(9-11)10-14(2)8-4-7-13/h3,5-6,9H,4,7-8,10H2,1-2H3. The molecule has 0 saturated carbocycles. The van der Waals surface area contributed by atoms with Crippen molar-refractivity contribution in [3.8, 4) is 0 Å². The lowest BCUT2D eigenvalue weighted by Gasteiger charge is -2.15. The molecular formula is C12H18ClN. The largest absolute Gasteiger partial charge is 0.302 e. The second-order valence-electron chi connectivity index (χ2n) is 3.77. The van der Waals surface area contributed by atoms with Crippen molar-refractivity contribution in [3.63, 3.8) is 0 Å². The zero-order chi connectivity index (χ0) is 10.4. The first-order valence-electron chi connectivity index (χ1n) is 5.02. The molecule has 0 aliphatic heterocycles. The number of benzene rings is 1. The second kappa shape index (κ2) is 6.05. The molecule has 1 rings (SSSR count). The molecule has 2 heteroatoms. The summed E-state index contributed by atoms with van der Waals surface area (Å²) in [5.74, 6) is 0.748. The number of halogens is 1. The number of alkyl halides is 1. The molecule has 0 aromatic heterocycles. The lowest BCUT2D eigenvalue weighted by Crippen LogP contribution is -2.19. The summed E-state index contributed by atoms with van der Waals surface area (Å²) in [5, 5.41) is 0. The summed E-state index contributed by atoms with van der Waals surface area (Å²) in [6.07, 6.45) is 1.06. The quantitative estimate of drug-likeness (QED) is 0.677. The number of hydrogen-bond acceptors (Lipinski definition) is 1. The van der Waals surface area contributed by atoms with Crippen LogP contribution in [0.25, 0.3) is 0 Å². The topological polar surface area (TPSA) is 3.24 Å². The first-order chi connectivity index (χ1) is 6.72. The fourth-order valence-corrected chi connectivity index (χ4v) is 1.65. The molecular weight excluding hydrogens is 194 g/mol. The summed E-state index contributed by atoms with van der Waals surface area (Å²) in [5.41, 5.74) is 2.70. The molecule has 78 valence electrons. The Labute approximate surface area is 91.7 Å². The first kappa shape index (κ1) is 11.5. The average molecular weight is 212 g/mol. The molecule has 0 fully saturated rings. The van der Waals surface area contributed by atoms with Crippen molar-refractivity contribution >= 4 is 11.6 Å². The summed E-state index contributed by atoms with van der Waals surface area (Å²) < 4.78 is 0. The maximum atomic E-state index is 5.65. The van der Waals surface area contributed by atoms with Crippen LogP contribution < -0.4 is 0 Å². The van der Waals surface area contributed by atoms with Crippen LogP contribution >= 0.6 is 11.6 Å². The van der Waals surface area contributed by atoms with Gasteiger partial charge in [0.05, 0.1) is 0 Å². The highest BCUT2D eigenvalue weighted by molar-refractivity contribution is 6.17. The number of aryl methyl sites for hydroxylation is 1. The Balaban J connectivity index is 2.43. The molecule has 0 N–H and O–H groups in total.